The third-order valence-corrected chi connectivity index (χ3v) is 7.25. The van der Waals surface area contributed by atoms with Gasteiger partial charge >= 0.3 is 0 Å². The largest absolute Gasteiger partial charge is 0.438 e. The van der Waals surface area contributed by atoms with Crippen LogP contribution < -0.4 is 9.46 Å². The first-order valence-electron chi connectivity index (χ1n) is 12.4. The number of aromatic nitrogens is 2. The molecule has 8 nitrogen and oxygen atoms in total. The molecule has 0 bridgehead atoms. The number of hydrogen-bond donors (Lipinski definition) is 1. The summed E-state index contributed by atoms with van der Waals surface area (Å²) in [7, 11) is -0.203. The number of rotatable bonds is 8. The van der Waals surface area contributed by atoms with Gasteiger partial charge in [0.1, 0.15) is 11.3 Å². The van der Waals surface area contributed by atoms with Gasteiger partial charge in [-0.25, -0.2) is 14.7 Å². The van der Waals surface area contributed by atoms with E-state index in [9.17, 15) is 13.2 Å². The molecule has 1 N–H and O–H groups in total. The molecular formula is C30H36N4O4S. The van der Waals surface area contributed by atoms with E-state index in [1.807, 2.05) is 71.3 Å². The van der Waals surface area contributed by atoms with E-state index in [0.29, 0.717) is 17.1 Å². The van der Waals surface area contributed by atoms with E-state index >= 15 is 0 Å². The highest BCUT2D eigenvalue weighted by Gasteiger charge is 2.24. The summed E-state index contributed by atoms with van der Waals surface area (Å²) >= 11 is 0. The van der Waals surface area contributed by atoms with Crippen LogP contribution in [0.15, 0.2) is 71.8 Å². The van der Waals surface area contributed by atoms with Crippen LogP contribution in [0.3, 0.4) is 0 Å². The highest BCUT2D eigenvalue weighted by Crippen LogP contribution is 2.32. The number of hydrogen-bond acceptors (Lipinski definition) is 7. The molecule has 0 atom stereocenters. The van der Waals surface area contributed by atoms with Gasteiger partial charge in [-0.05, 0) is 82.7 Å². The van der Waals surface area contributed by atoms with Gasteiger partial charge in [0.2, 0.25) is 5.88 Å². The molecule has 0 spiro atoms. The molecule has 0 saturated heterocycles. The first-order valence-corrected chi connectivity index (χ1v) is 13.9. The summed E-state index contributed by atoms with van der Waals surface area (Å²) in [5.74, 6) is -0.301. The number of nitrogens with one attached hydrogen (secondary N) is 1. The minimum Gasteiger partial charge on any atom is -0.438 e. The molecule has 0 saturated carbocycles. The van der Waals surface area contributed by atoms with E-state index < -0.39 is 15.9 Å². The highest BCUT2D eigenvalue weighted by molar-refractivity contribution is 7.90. The van der Waals surface area contributed by atoms with Crippen LogP contribution in [0.25, 0.3) is 11.3 Å². The Hall–Kier alpha value is -4.08. The van der Waals surface area contributed by atoms with Crippen molar-refractivity contribution in [3.63, 3.8) is 0 Å². The van der Waals surface area contributed by atoms with Crippen molar-refractivity contribution >= 4 is 15.9 Å². The number of benzene rings is 2. The van der Waals surface area contributed by atoms with Gasteiger partial charge in [0.15, 0.2) is 5.03 Å². The number of pyridine rings is 2. The van der Waals surface area contributed by atoms with Gasteiger partial charge in [-0.15, -0.1) is 0 Å². The monoisotopic (exact) mass is 548 g/mol. The summed E-state index contributed by atoms with van der Waals surface area (Å²) in [5, 5.41) is -0.245. The fourth-order valence-corrected chi connectivity index (χ4v) is 5.30. The number of ether oxygens (including phenoxy) is 1. The van der Waals surface area contributed by atoms with Crippen LogP contribution in [0.5, 0.6) is 11.6 Å². The Balaban J connectivity index is 0.00000294. The van der Waals surface area contributed by atoms with Crippen LogP contribution >= 0.6 is 0 Å². The minimum absolute atomic E-state index is 0. The van der Waals surface area contributed by atoms with Gasteiger partial charge < -0.3 is 9.64 Å². The van der Waals surface area contributed by atoms with E-state index in [-0.39, 0.29) is 19.3 Å². The van der Waals surface area contributed by atoms with Gasteiger partial charge in [-0.1, -0.05) is 48.0 Å². The molecule has 39 heavy (non-hydrogen) atoms. The normalized spacial score (nSPS) is 11.5. The summed E-state index contributed by atoms with van der Waals surface area (Å²) < 4.78 is 34.2. The topological polar surface area (TPSA) is 101 Å². The van der Waals surface area contributed by atoms with E-state index in [2.05, 4.69) is 19.6 Å². The highest BCUT2D eigenvalue weighted by atomic mass is 32.2. The van der Waals surface area contributed by atoms with Gasteiger partial charge in [-0.2, -0.15) is 8.42 Å². The third-order valence-electron chi connectivity index (χ3n) is 6.02. The molecule has 1 amide bonds. The minimum atomic E-state index is -4.22. The van der Waals surface area contributed by atoms with Crippen LogP contribution in [0, 0.1) is 27.7 Å². The van der Waals surface area contributed by atoms with Crippen LogP contribution in [0.4, 0.5) is 0 Å². The molecule has 2 aromatic carbocycles. The predicted octanol–water partition coefficient (Wildman–Crippen LogP) is 5.84. The molecule has 4 rings (SSSR count). The Bertz CT molecular complexity index is 1620. The molecule has 2 aromatic heterocycles. The molecule has 0 aliphatic rings. The maximum Gasteiger partial charge on any atom is 0.281 e. The number of carbonyl (C=O) groups is 1. The molecular weight excluding hydrogens is 512 g/mol. The van der Waals surface area contributed by atoms with Gasteiger partial charge in [0.25, 0.3) is 15.9 Å². The van der Waals surface area contributed by atoms with E-state index in [1.54, 1.807) is 25.1 Å². The first kappa shape index (κ1) is 27.9. The van der Waals surface area contributed by atoms with Crippen LogP contribution in [0.1, 0.15) is 41.2 Å². The zero-order valence-electron chi connectivity index (χ0n) is 22.9. The second-order valence-electron chi connectivity index (χ2n) is 9.87. The molecule has 4 aromatic rings. The molecule has 0 fully saturated rings. The first-order chi connectivity index (χ1) is 18.4. The van der Waals surface area contributed by atoms with Crippen LogP contribution in [0.2, 0.25) is 0 Å². The second-order valence-corrected chi connectivity index (χ2v) is 11.5. The van der Waals surface area contributed by atoms with Crippen molar-refractivity contribution in [1.82, 2.24) is 19.6 Å². The summed E-state index contributed by atoms with van der Waals surface area (Å²) in [4.78, 5) is 24.1. The Morgan fingerprint density at radius 2 is 1.59 bits per heavy atom. The number of sulfonamides is 1. The summed E-state index contributed by atoms with van der Waals surface area (Å²) in [6, 6.07) is 19.7. The summed E-state index contributed by atoms with van der Waals surface area (Å²) in [6.45, 7) is 8.30. The fourth-order valence-electron chi connectivity index (χ4n) is 4.32. The average Bonchev–Trinajstić information content (AvgIpc) is 2.86. The Kier molecular flexibility index (Phi) is 8.13. The fraction of sp³-hybridized carbons (Fsp3) is 0.233. The van der Waals surface area contributed by atoms with Crippen molar-refractivity contribution in [2.75, 3.05) is 14.1 Å². The molecule has 0 unspecified atom stereocenters. The maximum absolute atomic E-state index is 13.3. The summed E-state index contributed by atoms with van der Waals surface area (Å²) in [6.07, 6.45) is 0. The van der Waals surface area contributed by atoms with Crippen molar-refractivity contribution in [2.24, 2.45) is 0 Å². The Morgan fingerprint density at radius 3 is 2.21 bits per heavy atom. The number of nitrogens with zero attached hydrogens (tertiary/aromatic N) is 3. The average molecular weight is 549 g/mol. The van der Waals surface area contributed by atoms with E-state index in [1.165, 1.54) is 12.1 Å². The molecule has 0 radical (unpaired) electrons. The second kappa shape index (κ2) is 11.3. The lowest BCUT2D eigenvalue weighted by Gasteiger charge is -2.16. The smallest absolute Gasteiger partial charge is 0.281 e. The lowest BCUT2D eigenvalue weighted by Crippen LogP contribution is -2.31. The Morgan fingerprint density at radius 1 is 0.923 bits per heavy atom. The van der Waals surface area contributed by atoms with Gasteiger partial charge in [0, 0.05) is 20.7 Å². The van der Waals surface area contributed by atoms with Crippen molar-refractivity contribution in [3.05, 3.63) is 100 Å². The molecule has 0 aliphatic heterocycles. The molecule has 206 valence electrons. The van der Waals surface area contributed by atoms with Crippen molar-refractivity contribution in [2.45, 2.75) is 39.3 Å². The zero-order valence-corrected chi connectivity index (χ0v) is 23.8. The van der Waals surface area contributed by atoms with Gasteiger partial charge in [-0.3, -0.25) is 4.79 Å². The SMILES string of the molecule is Cc1cc(C)c(Oc2nc(-c3ccc(CN(C)C)cc3)ccc2C(=O)NS(=O)(=O)c2cccc(C)n2)c(C)c1.[HH].[HH]. The summed E-state index contributed by atoms with van der Waals surface area (Å²) in [5.41, 5.74) is 5.89. The number of carbonyl (C=O) groups excluding carboxylic acids is 1. The van der Waals surface area contributed by atoms with Crippen molar-refractivity contribution < 1.29 is 20.8 Å². The zero-order chi connectivity index (χ0) is 28.3. The van der Waals surface area contributed by atoms with Gasteiger partial charge in [0.05, 0.1) is 5.69 Å². The molecule has 0 aliphatic carbocycles. The van der Waals surface area contributed by atoms with Crippen molar-refractivity contribution in [1.29, 1.82) is 0 Å². The van der Waals surface area contributed by atoms with Crippen LogP contribution in [-0.2, 0) is 16.6 Å². The molecule has 9 heteroatoms. The lowest BCUT2D eigenvalue weighted by molar-refractivity contribution is 0.0978. The lowest BCUT2D eigenvalue weighted by atomic mass is 10.1. The Labute approximate surface area is 232 Å². The van der Waals surface area contributed by atoms with Crippen LogP contribution in [-0.4, -0.2) is 43.3 Å². The maximum atomic E-state index is 13.3. The standard InChI is InChI=1S/C30H32N4O4S.2H2/c1-19-16-20(2)28(21(3)17-19)38-30-25(29(35)33-39(36,37)27-9-7-8-22(4)31-27)14-15-26(32-30)24-12-10-23(11-13-24)18-34(5)6;;/h7-17H,18H2,1-6H3,(H,33,35);2*1H. The third kappa shape index (κ3) is 6.68. The van der Waals surface area contributed by atoms with Crippen molar-refractivity contribution in [3.8, 4) is 22.9 Å². The number of aryl methyl sites for hydroxylation is 4. The quantitative estimate of drug-likeness (QED) is 0.295. The van der Waals surface area contributed by atoms with E-state index in [4.69, 9.17) is 4.74 Å². The molecule has 2 heterocycles. The van der Waals surface area contributed by atoms with E-state index in [0.717, 1.165) is 34.4 Å². The number of amides is 1. The predicted molar refractivity (Wildman–Crippen MR) is 156 cm³/mol.